The Morgan fingerprint density at radius 2 is 2.30 bits per heavy atom. The number of sulfonamides is 1. The lowest BCUT2D eigenvalue weighted by Gasteiger charge is -2.30. The van der Waals surface area contributed by atoms with E-state index in [-0.39, 0.29) is 18.4 Å². The average Bonchev–Trinajstić information content (AvgIpc) is 2.53. The maximum absolute atomic E-state index is 12.3. The number of pyridine rings is 1. The van der Waals surface area contributed by atoms with Crippen LogP contribution in [-0.2, 0) is 21.4 Å². The molecule has 0 saturated carbocycles. The predicted octanol–water partition coefficient (Wildman–Crippen LogP) is 0.768. The molecule has 1 atom stereocenters. The Labute approximate surface area is 137 Å². The summed E-state index contributed by atoms with van der Waals surface area (Å²) in [5.41, 5.74) is 0.804. The summed E-state index contributed by atoms with van der Waals surface area (Å²) in [5.74, 6) is 0.0621. The number of rotatable bonds is 6. The number of carbonyl (C=O) groups is 1. The van der Waals surface area contributed by atoms with Gasteiger partial charge in [-0.25, -0.2) is 17.7 Å². The zero-order valence-electron chi connectivity index (χ0n) is 13.5. The Balaban J connectivity index is 1.95. The number of nitrogens with one attached hydrogen (secondary N) is 1. The zero-order valence-corrected chi connectivity index (χ0v) is 14.3. The third kappa shape index (κ3) is 4.90. The Kier molecular flexibility index (Phi) is 5.95. The molecular formula is C15H23N3O4S. The molecule has 2 heterocycles. The van der Waals surface area contributed by atoms with Gasteiger partial charge in [0.25, 0.3) is 0 Å². The number of ether oxygens (including phenoxy) is 1. The number of hydrogen-bond donors (Lipinski definition) is 1. The van der Waals surface area contributed by atoms with Crippen LogP contribution in [0.2, 0.25) is 0 Å². The number of amides is 1. The second-order valence-electron chi connectivity index (χ2n) is 5.58. The fourth-order valence-electron chi connectivity index (χ4n) is 2.61. The van der Waals surface area contributed by atoms with Crippen molar-refractivity contribution in [2.24, 2.45) is 5.92 Å². The van der Waals surface area contributed by atoms with Crippen molar-refractivity contribution < 1.29 is 17.9 Å². The average molecular weight is 341 g/mol. The van der Waals surface area contributed by atoms with Gasteiger partial charge in [0, 0.05) is 31.4 Å². The highest BCUT2D eigenvalue weighted by molar-refractivity contribution is 7.88. The van der Waals surface area contributed by atoms with Crippen molar-refractivity contribution >= 4 is 15.9 Å². The van der Waals surface area contributed by atoms with E-state index in [1.165, 1.54) is 10.6 Å². The summed E-state index contributed by atoms with van der Waals surface area (Å²) in [6.07, 6.45) is 4.21. The standard InChI is InChI=1S/C15H23N3O4S/c1-3-22-15-12(6-4-8-16-15)10-17-14(19)13-7-5-9-18(11-13)23(2,20)21/h4,6,8,13H,3,5,7,9-11H2,1-2H3,(H,17,19)/t13-/m1/s1. The normalized spacial score (nSPS) is 19.3. The SMILES string of the molecule is CCOc1ncccc1CNC(=O)[C@@H]1CCCN(S(C)(=O)=O)C1. The molecule has 0 aliphatic carbocycles. The van der Waals surface area contributed by atoms with Gasteiger partial charge in [0.05, 0.1) is 18.8 Å². The lowest BCUT2D eigenvalue weighted by molar-refractivity contribution is -0.126. The van der Waals surface area contributed by atoms with E-state index >= 15 is 0 Å². The summed E-state index contributed by atoms with van der Waals surface area (Å²) in [4.78, 5) is 16.5. The molecule has 0 spiro atoms. The molecule has 0 unspecified atom stereocenters. The Bertz CT molecular complexity index is 648. The molecule has 0 radical (unpaired) electrons. The Morgan fingerprint density at radius 3 is 3.00 bits per heavy atom. The summed E-state index contributed by atoms with van der Waals surface area (Å²) in [6.45, 7) is 3.43. The highest BCUT2D eigenvalue weighted by Crippen LogP contribution is 2.19. The molecular weight excluding hydrogens is 318 g/mol. The lowest BCUT2D eigenvalue weighted by Crippen LogP contribution is -2.44. The van der Waals surface area contributed by atoms with E-state index < -0.39 is 10.0 Å². The van der Waals surface area contributed by atoms with Crippen LogP contribution in [-0.4, -0.2) is 49.6 Å². The van der Waals surface area contributed by atoms with Gasteiger partial charge in [0.2, 0.25) is 21.8 Å². The van der Waals surface area contributed by atoms with Crippen molar-refractivity contribution in [1.29, 1.82) is 0 Å². The van der Waals surface area contributed by atoms with Gasteiger partial charge in [-0.1, -0.05) is 6.07 Å². The van der Waals surface area contributed by atoms with Crippen LogP contribution in [0.3, 0.4) is 0 Å². The molecule has 0 bridgehead atoms. The van der Waals surface area contributed by atoms with E-state index in [1.54, 1.807) is 12.3 Å². The molecule has 1 aliphatic rings. The van der Waals surface area contributed by atoms with Crippen molar-refractivity contribution in [1.82, 2.24) is 14.6 Å². The van der Waals surface area contributed by atoms with Gasteiger partial charge in [-0.3, -0.25) is 4.79 Å². The van der Waals surface area contributed by atoms with Gasteiger partial charge < -0.3 is 10.1 Å². The number of hydrogen-bond acceptors (Lipinski definition) is 5. The summed E-state index contributed by atoms with van der Waals surface area (Å²) in [5, 5.41) is 2.86. The fraction of sp³-hybridized carbons (Fsp3) is 0.600. The third-order valence-electron chi connectivity index (χ3n) is 3.81. The van der Waals surface area contributed by atoms with Gasteiger partial charge in [0.15, 0.2) is 0 Å². The van der Waals surface area contributed by atoms with Crippen molar-refractivity contribution in [3.05, 3.63) is 23.9 Å². The van der Waals surface area contributed by atoms with Gasteiger partial charge >= 0.3 is 0 Å². The van der Waals surface area contributed by atoms with Crippen molar-refractivity contribution in [3.8, 4) is 5.88 Å². The molecule has 1 aliphatic heterocycles. The van der Waals surface area contributed by atoms with Crippen molar-refractivity contribution in [3.63, 3.8) is 0 Å². The largest absolute Gasteiger partial charge is 0.478 e. The Morgan fingerprint density at radius 1 is 1.52 bits per heavy atom. The summed E-state index contributed by atoms with van der Waals surface area (Å²) >= 11 is 0. The highest BCUT2D eigenvalue weighted by atomic mass is 32.2. The van der Waals surface area contributed by atoms with Crippen LogP contribution in [0, 0.1) is 5.92 Å². The van der Waals surface area contributed by atoms with Crippen LogP contribution >= 0.6 is 0 Å². The van der Waals surface area contributed by atoms with Crippen LogP contribution in [0.5, 0.6) is 5.88 Å². The van der Waals surface area contributed by atoms with E-state index in [0.29, 0.717) is 38.4 Å². The minimum atomic E-state index is -3.25. The van der Waals surface area contributed by atoms with E-state index in [9.17, 15) is 13.2 Å². The number of piperidine rings is 1. The summed E-state index contributed by atoms with van der Waals surface area (Å²) < 4.78 is 30.0. The van der Waals surface area contributed by atoms with E-state index in [1.807, 2.05) is 13.0 Å². The van der Waals surface area contributed by atoms with Crippen molar-refractivity contribution in [2.75, 3.05) is 26.0 Å². The maximum Gasteiger partial charge on any atom is 0.224 e. The summed E-state index contributed by atoms with van der Waals surface area (Å²) in [7, 11) is -3.25. The molecule has 1 aromatic rings. The maximum atomic E-state index is 12.3. The molecule has 8 heteroatoms. The first-order valence-electron chi connectivity index (χ1n) is 7.71. The molecule has 1 aromatic heterocycles. The monoisotopic (exact) mass is 341 g/mol. The Hall–Kier alpha value is -1.67. The quantitative estimate of drug-likeness (QED) is 0.825. The van der Waals surface area contributed by atoms with Gasteiger partial charge in [-0.05, 0) is 25.8 Å². The minimum Gasteiger partial charge on any atom is -0.478 e. The molecule has 0 aromatic carbocycles. The molecule has 1 saturated heterocycles. The van der Waals surface area contributed by atoms with E-state index in [2.05, 4.69) is 10.3 Å². The number of aromatic nitrogens is 1. The molecule has 1 fully saturated rings. The topological polar surface area (TPSA) is 88.6 Å². The van der Waals surface area contributed by atoms with Gasteiger partial charge in [0.1, 0.15) is 0 Å². The van der Waals surface area contributed by atoms with E-state index in [4.69, 9.17) is 4.74 Å². The smallest absolute Gasteiger partial charge is 0.224 e. The van der Waals surface area contributed by atoms with Gasteiger partial charge in [-0.2, -0.15) is 0 Å². The van der Waals surface area contributed by atoms with Crippen LogP contribution in [0.15, 0.2) is 18.3 Å². The molecule has 128 valence electrons. The highest BCUT2D eigenvalue weighted by Gasteiger charge is 2.30. The first kappa shape index (κ1) is 17.7. The van der Waals surface area contributed by atoms with E-state index in [0.717, 1.165) is 5.56 Å². The van der Waals surface area contributed by atoms with Crippen LogP contribution in [0.4, 0.5) is 0 Å². The van der Waals surface area contributed by atoms with Crippen LogP contribution < -0.4 is 10.1 Å². The first-order chi connectivity index (χ1) is 10.9. The number of carbonyl (C=O) groups excluding carboxylic acids is 1. The predicted molar refractivity (Wildman–Crippen MR) is 86.4 cm³/mol. The minimum absolute atomic E-state index is 0.135. The molecule has 2 rings (SSSR count). The second-order valence-corrected chi connectivity index (χ2v) is 7.56. The summed E-state index contributed by atoms with van der Waals surface area (Å²) in [6, 6.07) is 3.64. The molecule has 23 heavy (non-hydrogen) atoms. The first-order valence-corrected chi connectivity index (χ1v) is 9.56. The molecule has 1 amide bonds. The van der Waals surface area contributed by atoms with Crippen LogP contribution in [0.1, 0.15) is 25.3 Å². The second kappa shape index (κ2) is 7.74. The fourth-order valence-corrected chi connectivity index (χ4v) is 3.52. The zero-order chi connectivity index (χ0) is 16.9. The third-order valence-corrected chi connectivity index (χ3v) is 5.08. The van der Waals surface area contributed by atoms with Crippen LogP contribution in [0.25, 0.3) is 0 Å². The lowest BCUT2D eigenvalue weighted by atomic mass is 9.99. The molecule has 7 nitrogen and oxygen atoms in total. The number of nitrogens with zero attached hydrogens (tertiary/aromatic N) is 2. The van der Waals surface area contributed by atoms with Crippen molar-refractivity contribution in [2.45, 2.75) is 26.3 Å². The molecule has 1 N–H and O–H groups in total. The van der Waals surface area contributed by atoms with Gasteiger partial charge in [-0.15, -0.1) is 0 Å².